The molecule has 0 bridgehead atoms. The molecule has 0 radical (unpaired) electrons. The minimum atomic E-state index is -0.569. The molecule has 1 aliphatic rings. The van der Waals surface area contributed by atoms with Crippen molar-refractivity contribution in [2.45, 2.75) is 51.2 Å². The fourth-order valence-corrected chi connectivity index (χ4v) is 4.25. The summed E-state index contributed by atoms with van der Waals surface area (Å²) in [6, 6.07) is 10.1. The highest BCUT2D eigenvalue weighted by atomic mass is 16.5. The van der Waals surface area contributed by atoms with Crippen LogP contribution in [-0.2, 0) is 4.74 Å². The van der Waals surface area contributed by atoms with Gasteiger partial charge in [0.05, 0.1) is 11.6 Å². The van der Waals surface area contributed by atoms with Gasteiger partial charge in [-0.25, -0.2) is 14.5 Å². The smallest absolute Gasteiger partial charge is 0.359 e. The van der Waals surface area contributed by atoms with Crippen LogP contribution in [0.15, 0.2) is 36.5 Å². The maximum absolute atomic E-state index is 12.9. The van der Waals surface area contributed by atoms with Gasteiger partial charge in [-0.3, -0.25) is 0 Å². The third-order valence-electron chi connectivity index (χ3n) is 5.71. The van der Waals surface area contributed by atoms with E-state index in [9.17, 15) is 4.79 Å². The average Bonchev–Trinajstić information content (AvgIpc) is 3.39. The summed E-state index contributed by atoms with van der Waals surface area (Å²) in [5.41, 5.74) is 1.90. The van der Waals surface area contributed by atoms with Crippen LogP contribution in [0.3, 0.4) is 0 Å². The van der Waals surface area contributed by atoms with Gasteiger partial charge in [0.15, 0.2) is 17.6 Å². The highest BCUT2D eigenvalue weighted by Crippen LogP contribution is 2.31. The van der Waals surface area contributed by atoms with Crippen molar-refractivity contribution in [3.8, 4) is 0 Å². The Kier molecular flexibility index (Phi) is 4.46. The van der Waals surface area contributed by atoms with Gasteiger partial charge in [-0.15, -0.1) is 5.10 Å². The van der Waals surface area contributed by atoms with E-state index in [1.165, 1.54) is 19.3 Å². The monoisotopic (exact) mass is 390 g/mol. The van der Waals surface area contributed by atoms with Crippen molar-refractivity contribution in [3.63, 3.8) is 0 Å². The maximum Gasteiger partial charge on any atom is 0.359 e. The van der Waals surface area contributed by atoms with Crippen LogP contribution in [0.25, 0.3) is 21.8 Å². The van der Waals surface area contributed by atoms with Crippen molar-refractivity contribution in [1.29, 1.82) is 0 Å². The summed E-state index contributed by atoms with van der Waals surface area (Å²) in [6.45, 7) is 1.80. The van der Waals surface area contributed by atoms with Crippen LogP contribution < -0.4 is 0 Å². The van der Waals surface area contributed by atoms with E-state index in [1.54, 1.807) is 13.1 Å². The summed E-state index contributed by atoms with van der Waals surface area (Å²) >= 11 is 0. The summed E-state index contributed by atoms with van der Waals surface area (Å²) in [5, 5.41) is 14.1. The van der Waals surface area contributed by atoms with Crippen LogP contribution in [0.5, 0.6) is 0 Å². The quantitative estimate of drug-likeness (QED) is 0.526. The van der Waals surface area contributed by atoms with Gasteiger partial charge in [-0.05, 0) is 42.3 Å². The molecule has 3 aromatic heterocycles. The fourth-order valence-electron chi connectivity index (χ4n) is 4.25. The Bertz CT molecular complexity index is 1170. The van der Waals surface area contributed by atoms with Crippen molar-refractivity contribution in [2.24, 2.45) is 0 Å². The zero-order chi connectivity index (χ0) is 19.8. The van der Waals surface area contributed by atoms with Gasteiger partial charge in [-0.1, -0.05) is 37.5 Å². The molecule has 0 spiro atoms. The molecule has 0 saturated heterocycles. The summed E-state index contributed by atoms with van der Waals surface area (Å²) < 4.78 is 7.56. The molecule has 3 heterocycles. The number of pyridine rings is 1. The van der Waals surface area contributed by atoms with Crippen molar-refractivity contribution >= 4 is 27.8 Å². The Hall–Kier alpha value is -3.29. The number of carbonyl (C=O) groups is 1. The highest BCUT2D eigenvalue weighted by Gasteiger charge is 2.26. The predicted octanol–water partition coefficient (Wildman–Crippen LogP) is 4.13. The number of nitrogens with one attached hydrogen (secondary N) is 1. The molecule has 148 valence electrons. The first-order chi connectivity index (χ1) is 14.2. The van der Waals surface area contributed by atoms with Crippen LogP contribution in [0.1, 0.15) is 67.5 Å². The number of carbonyl (C=O) groups excluding carboxylic acids is 1. The molecule has 8 heteroatoms. The minimum Gasteiger partial charge on any atom is -0.450 e. The van der Waals surface area contributed by atoms with Gasteiger partial charge in [0, 0.05) is 22.5 Å². The molecule has 1 unspecified atom stereocenters. The molecule has 0 aliphatic heterocycles. The number of H-pyrrole nitrogens is 1. The zero-order valence-electron chi connectivity index (χ0n) is 16.2. The molecular weight excluding hydrogens is 368 g/mol. The van der Waals surface area contributed by atoms with E-state index < -0.39 is 12.1 Å². The van der Waals surface area contributed by atoms with Gasteiger partial charge in [0.1, 0.15) is 0 Å². The van der Waals surface area contributed by atoms with Crippen molar-refractivity contribution in [3.05, 3.63) is 48.0 Å². The molecule has 1 saturated carbocycles. The first kappa shape index (κ1) is 17.8. The van der Waals surface area contributed by atoms with Crippen molar-refractivity contribution < 1.29 is 9.53 Å². The largest absolute Gasteiger partial charge is 0.450 e. The van der Waals surface area contributed by atoms with E-state index in [0.29, 0.717) is 11.3 Å². The zero-order valence-corrected chi connectivity index (χ0v) is 16.2. The summed E-state index contributed by atoms with van der Waals surface area (Å²) in [6.07, 6.45) is 6.76. The number of rotatable bonds is 4. The van der Waals surface area contributed by atoms with Gasteiger partial charge in [0.2, 0.25) is 0 Å². The number of fused-ring (bicyclic) bond motifs is 3. The molecular formula is C21H22N6O2. The Balaban J connectivity index is 1.43. The topological polar surface area (TPSA) is 98.6 Å². The first-order valence-electron chi connectivity index (χ1n) is 10.1. The number of nitrogens with zero attached hydrogens (tertiary/aromatic N) is 5. The lowest BCUT2D eigenvalue weighted by molar-refractivity contribution is 0.0299. The number of hydrogen-bond donors (Lipinski definition) is 1. The average molecular weight is 390 g/mol. The van der Waals surface area contributed by atoms with Gasteiger partial charge >= 0.3 is 5.97 Å². The first-order valence-corrected chi connectivity index (χ1v) is 10.1. The number of hydrogen-bond acceptors (Lipinski definition) is 6. The van der Waals surface area contributed by atoms with Crippen LogP contribution in [0.2, 0.25) is 0 Å². The number of tetrazole rings is 1. The van der Waals surface area contributed by atoms with Gasteiger partial charge in [0.25, 0.3) is 0 Å². The Morgan fingerprint density at radius 1 is 1.17 bits per heavy atom. The van der Waals surface area contributed by atoms with Crippen LogP contribution in [0.4, 0.5) is 0 Å². The second kappa shape index (κ2) is 7.27. The molecule has 0 amide bonds. The number of ether oxygens (including phenoxy) is 1. The molecule has 4 aromatic rings. The lowest BCUT2D eigenvalue weighted by Gasteiger charge is -2.23. The predicted molar refractivity (Wildman–Crippen MR) is 107 cm³/mol. The van der Waals surface area contributed by atoms with Crippen LogP contribution in [0, 0.1) is 0 Å². The molecule has 1 N–H and O–H groups in total. The second-order valence-corrected chi connectivity index (χ2v) is 7.57. The van der Waals surface area contributed by atoms with Crippen molar-refractivity contribution in [2.75, 3.05) is 0 Å². The second-order valence-electron chi connectivity index (χ2n) is 7.57. The third kappa shape index (κ3) is 3.14. The SMILES string of the molecule is CC(OC(=O)c1nccc2c1[nH]c1ccccc12)c1nnnn1C1CCCCC1. The molecule has 8 nitrogen and oxygen atoms in total. The van der Waals surface area contributed by atoms with Gasteiger partial charge < -0.3 is 9.72 Å². The number of benzene rings is 1. The minimum absolute atomic E-state index is 0.266. The van der Waals surface area contributed by atoms with E-state index >= 15 is 0 Å². The Morgan fingerprint density at radius 3 is 2.86 bits per heavy atom. The Morgan fingerprint density at radius 2 is 2.00 bits per heavy atom. The van der Waals surface area contributed by atoms with E-state index in [4.69, 9.17) is 4.74 Å². The molecule has 1 aliphatic carbocycles. The maximum atomic E-state index is 12.9. The number of esters is 1. The summed E-state index contributed by atoms with van der Waals surface area (Å²) in [5.74, 6) is 0.0851. The number of para-hydroxylation sites is 1. The van der Waals surface area contributed by atoms with E-state index in [1.807, 2.05) is 35.0 Å². The lowest BCUT2D eigenvalue weighted by Crippen LogP contribution is -2.20. The van der Waals surface area contributed by atoms with Crippen LogP contribution in [-0.4, -0.2) is 36.1 Å². The van der Waals surface area contributed by atoms with E-state index in [-0.39, 0.29) is 11.7 Å². The normalized spacial score (nSPS) is 16.3. The Labute approximate surface area is 167 Å². The molecule has 1 atom stereocenters. The summed E-state index contributed by atoms with van der Waals surface area (Å²) in [7, 11) is 0. The van der Waals surface area contributed by atoms with E-state index in [2.05, 4.69) is 25.5 Å². The van der Waals surface area contributed by atoms with E-state index in [0.717, 1.165) is 29.1 Å². The fraction of sp³-hybridized carbons (Fsp3) is 0.381. The van der Waals surface area contributed by atoms with Crippen molar-refractivity contribution in [1.82, 2.24) is 30.2 Å². The lowest BCUT2D eigenvalue weighted by atomic mass is 9.95. The van der Waals surface area contributed by atoms with Gasteiger partial charge in [-0.2, -0.15) is 0 Å². The number of aromatic amines is 1. The van der Waals surface area contributed by atoms with Crippen LogP contribution >= 0.6 is 0 Å². The molecule has 5 rings (SSSR count). The standard InChI is InChI=1S/C21H22N6O2/c1-13(20-24-25-26-27(20)14-7-3-2-4-8-14)29-21(28)19-18-16(11-12-22-19)15-9-5-6-10-17(15)23-18/h5-6,9-14,23H,2-4,7-8H2,1H3. The number of aromatic nitrogens is 6. The summed E-state index contributed by atoms with van der Waals surface area (Å²) in [4.78, 5) is 20.5. The molecule has 1 fully saturated rings. The third-order valence-corrected chi connectivity index (χ3v) is 5.71. The highest BCUT2D eigenvalue weighted by molar-refractivity contribution is 6.12. The molecule has 1 aromatic carbocycles. The molecule has 29 heavy (non-hydrogen) atoms.